The molecule has 0 amide bonds. The summed E-state index contributed by atoms with van der Waals surface area (Å²) in [6.45, 7) is 7.69. The molecule has 0 spiro atoms. The normalized spacial score (nSPS) is 24.0. The molecular weight excluding hydrogens is 301 g/mol. The average Bonchev–Trinajstić information content (AvgIpc) is 2.28. The number of hydrogen-bond acceptors (Lipinski definition) is 3. The average molecular weight is 318 g/mol. The summed E-state index contributed by atoms with van der Waals surface area (Å²) in [7, 11) is -5.51. The van der Waals surface area contributed by atoms with Gasteiger partial charge in [0, 0.05) is 0 Å². The zero-order valence-electron chi connectivity index (χ0n) is 10.4. The van der Waals surface area contributed by atoms with E-state index in [2.05, 4.69) is 25.3 Å². The summed E-state index contributed by atoms with van der Waals surface area (Å²) in [4.78, 5) is 0. The van der Waals surface area contributed by atoms with E-state index in [0.29, 0.717) is 10.9 Å². The highest BCUT2D eigenvalue weighted by molar-refractivity contribution is 7.97. The van der Waals surface area contributed by atoms with E-state index in [1.807, 2.05) is 0 Å². The van der Waals surface area contributed by atoms with Crippen molar-refractivity contribution >= 4 is 21.0 Å². The molecule has 8 heteroatoms. The second kappa shape index (κ2) is 7.96. The Kier molecular flexibility index (Phi) is 7.76. The maximum Gasteiger partial charge on any atom is 0.485 e. The molecule has 0 aromatic heterocycles. The highest BCUT2D eigenvalue weighted by Crippen LogP contribution is 2.22. The summed E-state index contributed by atoms with van der Waals surface area (Å²) < 4.78 is 58.9. The Labute approximate surface area is 114 Å². The van der Waals surface area contributed by atoms with Gasteiger partial charge in [0.05, 0.1) is 0 Å². The summed E-state index contributed by atoms with van der Waals surface area (Å²) in [5, 5.41) is 0.793. The van der Waals surface area contributed by atoms with Crippen LogP contribution in [-0.2, 0) is 21.0 Å². The van der Waals surface area contributed by atoms with Crippen molar-refractivity contribution in [3.63, 3.8) is 0 Å². The van der Waals surface area contributed by atoms with Gasteiger partial charge in [-0.15, -0.1) is 0 Å². The van der Waals surface area contributed by atoms with Gasteiger partial charge < -0.3 is 4.55 Å². The largest absolute Gasteiger partial charge is 0.741 e. The fourth-order valence-corrected chi connectivity index (χ4v) is 3.93. The Morgan fingerprint density at radius 1 is 1.32 bits per heavy atom. The quantitative estimate of drug-likeness (QED) is 0.348. The van der Waals surface area contributed by atoms with E-state index in [4.69, 9.17) is 13.0 Å². The molecule has 0 aromatic rings. The molecule has 0 bridgehead atoms. The first-order chi connectivity index (χ1) is 8.63. The van der Waals surface area contributed by atoms with E-state index in [-0.39, 0.29) is 0 Å². The van der Waals surface area contributed by atoms with Gasteiger partial charge in [-0.3, -0.25) is 0 Å². The summed E-state index contributed by atoms with van der Waals surface area (Å²) in [5.41, 5.74) is -5.65. The van der Waals surface area contributed by atoms with Gasteiger partial charge in [0.2, 0.25) is 0 Å². The van der Waals surface area contributed by atoms with Crippen LogP contribution in [0.1, 0.15) is 19.3 Å². The van der Waals surface area contributed by atoms with Gasteiger partial charge in [-0.05, 0) is 42.3 Å². The molecule has 112 valence electrons. The molecular formula is C11H17F3O3S2. The van der Waals surface area contributed by atoms with Gasteiger partial charge >= 0.3 is 5.51 Å². The van der Waals surface area contributed by atoms with Crippen molar-refractivity contribution in [2.75, 3.05) is 11.5 Å². The fourth-order valence-electron chi connectivity index (χ4n) is 1.56. The zero-order chi connectivity index (χ0) is 15.1. The number of alkyl halides is 3. The maximum absolute atomic E-state index is 10.7. The van der Waals surface area contributed by atoms with Crippen molar-refractivity contribution in [3.05, 3.63) is 25.3 Å². The minimum atomic E-state index is -6.09. The summed E-state index contributed by atoms with van der Waals surface area (Å²) >= 11 is 0. The van der Waals surface area contributed by atoms with Gasteiger partial charge in [0.25, 0.3) is 0 Å². The lowest BCUT2D eigenvalue weighted by molar-refractivity contribution is -0.0517. The smallest absolute Gasteiger partial charge is 0.485 e. The summed E-state index contributed by atoms with van der Waals surface area (Å²) in [6.07, 6.45) is 8.38. The third-order valence-corrected chi connectivity index (χ3v) is 5.78. The predicted octanol–water partition coefficient (Wildman–Crippen LogP) is 2.58. The standard InChI is InChI=1S/C10H17S.CHF3O3S/c1-3-8-11-9-6-5-7-10(11)4-2;2-1(3,4)8(5,6)7/h3-4,10H,1-2,5-9H2;(H,5,6,7)/q+1;/p-1. The van der Waals surface area contributed by atoms with E-state index in [1.54, 1.807) is 0 Å². The van der Waals surface area contributed by atoms with E-state index < -0.39 is 15.6 Å². The van der Waals surface area contributed by atoms with Gasteiger partial charge in [0.15, 0.2) is 10.1 Å². The summed E-state index contributed by atoms with van der Waals surface area (Å²) in [5.74, 6) is 2.61. The monoisotopic (exact) mass is 318 g/mol. The molecule has 1 saturated heterocycles. The molecule has 0 aromatic carbocycles. The molecule has 2 atom stereocenters. The van der Waals surface area contributed by atoms with Crippen molar-refractivity contribution in [3.8, 4) is 0 Å². The Morgan fingerprint density at radius 3 is 2.21 bits per heavy atom. The van der Waals surface area contributed by atoms with Crippen LogP contribution < -0.4 is 0 Å². The van der Waals surface area contributed by atoms with Gasteiger partial charge in [-0.1, -0.05) is 13.2 Å². The van der Waals surface area contributed by atoms with Crippen molar-refractivity contribution in [2.45, 2.75) is 30.0 Å². The van der Waals surface area contributed by atoms with Crippen molar-refractivity contribution < 1.29 is 26.1 Å². The first kappa shape index (κ1) is 18.5. The van der Waals surface area contributed by atoms with Crippen molar-refractivity contribution in [1.29, 1.82) is 0 Å². The highest BCUT2D eigenvalue weighted by atomic mass is 32.2. The van der Waals surface area contributed by atoms with Crippen molar-refractivity contribution in [1.82, 2.24) is 0 Å². The Hall–Kier alpha value is -0.470. The van der Waals surface area contributed by atoms with Crippen LogP contribution in [0.5, 0.6) is 0 Å². The number of rotatable bonds is 3. The molecule has 0 saturated carbocycles. The molecule has 0 radical (unpaired) electrons. The lowest BCUT2D eigenvalue weighted by Gasteiger charge is -2.19. The minimum absolute atomic E-state index is 0.581. The molecule has 1 fully saturated rings. The third kappa shape index (κ3) is 7.03. The van der Waals surface area contributed by atoms with Crippen LogP contribution in [0.4, 0.5) is 13.2 Å². The number of halogens is 3. The molecule has 0 N–H and O–H groups in total. The molecule has 0 aliphatic carbocycles. The lowest BCUT2D eigenvalue weighted by atomic mass is 10.2. The SMILES string of the molecule is C=CC[S+]1CCCCC1C=C.O=S(=O)([O-])C(F)(F)F. The second-order valence-electron chi connectivity index (χ2n) is 3.87. The maximum atomic E-state index is 10.7. The molecule has 1 rings (SSSR count). The molecule has 1 aliphatic rings. The molecule has 19 heavy (non-hydrogen) atoms. The Bertz CT molecular complexity index is 390. The first-order valence-corrected chi connectivity index (χ1v) is 8.58. The molecule has 1 heterocycles. The molecule has 1 aliphatic heterocycles. The molecule has 3 nitrogen and oxygen atoms in total. The van der Waals surface area contributed by atoms with E-state index >= 15 is 0 Å². The van der Waals surface area contributed by atoms with Gasteiger partial charge in [0.1, 0.15) is 16.8 Å². The van der Waals surface area contributed by atoms with E-state index in [0.717, 1.165) is 5.25 Å². The van der Waals surface area contributed by atoms with Crippen molar-refractivity contribution in [2.24, 2.45) is 0 Å². The minimum Gasteiger partial charge on any atom is -0.741 e. The Balaban J connectivity index is 0.000000362. The van der Waals surface area contributed by atoms with Gasteiger partial charge in [-0.25, -0.2) is 8.42 Å². The first-order valence-electron chi connectivity index (χ1n) is 5.55. The van der Waals surface area contributed by atoms with E-state index in [9.17, 15) is 13.2 Å². The van der Waals surface area contributed by atoms with Crippen LogP contribution in [0.25, 0.3) is 0 Å². The predicted molar refractivity (Wildman–Crippen MR) is 70.9 cm³/mol. The fraction of sp³-hybridized carbons (Fsp3) is 0.636. The topological polar surface area (TPSA) is 57.2 Å². The third-order valence-electron chi connectivity index (χ3n) is 2.45. The highest BCUT2D eigenvalue weighted by Gasteiger charge is 2.36. The summed E-state index contributed by atoms with van der Waals surface area (Å²) in [6, 6.07) is 0. The Morgan fingerprint density at radius 2 is 1.84 bits per heavy atom. The van der Waals surface area contributed by atoms with Crippen LogP contribution in [0.3, 0.4) is 0 Å². The lowest BCUT2D eigenvalue weighted by Crippen LogP contribution is -2.28. The zero-order valence-corrected chi connectivity index (χ0v) is 12.0. The van der Waals surface area contributed by atoms with Crippen LogP contribution in [0.2, 0.25) is 0 Å². The van der Waals surface area contributed by atoms with Crippen LogP contribution in [0.15, 0.2) is 25.3 Å². The van der Waals surface area contributed by atoms with Crippen LogP contribution in [0, 0.1) is 0 Å². The molecule has 2 unspecified atom stereocenters. The number of hydrogen-bond donors (Lipinski definition) is 0. The van der Waals surface area contributed by atoms with Crippen LogP contribution >= 0.6 is 0 Å². The van der Waals surface area contributed by atoms with E-state index in [1.165, 1.54) is 30.8 Å². The van der Waals surface area contributed by atoms with Crippen LogP contribution in [-0.4, -0.2) is 35.2 Å². The second-order valence-corrected chi connectivity index (χ2v) is 7.66. The van der Waals surface area contributed by atoms with Gasteiger partial charge in [-0.2, -0.15) is 13.2 Å².